The van der Waals surface area contributed by atoms with Gasteiger partial charge in [-0.25, -0.2) is 9.97 Å². The Labute approximate surface area is 115 Å². The summed E-state index contributed by atoms with van der Waals surface area (Å²) in [6.07, 6.45) is 4.11. The summed E-state index contributed by atoms with van der Waals surface area (Å²) < 4.78 is 0. The first kappa shape index (κ1) is 14.1. The first-order valence-electron chi connectivity index (χ1n) is 7.02. The zero-order valence-electron chi connectivity index (χ0n) is 12.4. The first-order valence-corrected chi connectivity index (χ1v) is 7.02. The molecule has 1 fully saturated rings. The lowest BCUT2D eigenvalue weighted by atomic mass is 10.0. The fourth-order valence-corrected chi connectivity index (χ4v) is 2.87. The number of likely N-dealkylation sites (N-methyl/N-ethyl adjacent to an activating group) is 2. The number of hydrogen-bond donors (Lipinski definition) is 1. The van der Waals surface area contributed by atoms with Gasteiger partial charge < -0.3 is 15.5 Å². The normalized spacial score (nSPS) is 20.2. The smallest absolute Gasteiger partial charge is 0.137 e. The lowest BCUT2D eigenvalue weighted by Crippen LogP contribution is -2.37. The molecule has 2 heterocycles. The van der Waals surface area contributed by atoms with Gasteiger partial charge in [-0.2, -0.15) is 0 Å². The fourth-order valence-electron chi connectivity index (χ4n) is 2.87. The van der Waals surface area contributed by atoms with E-state index in [2.05, 4.69) is 47.7 Å². The van der Waals surface area contributed by atoms with Crippen LogP contribution in [0, 0.1) is 0 Å². The third-order valence-electron chi connectivity index (χ3n) is 3.99. The van der Waals surface area contributed by atoms with E-state index in [1.165, 1.54) is 19.4 Å². The van der Waals surface area contributed by atoms with Crippen LogP contribution in [0.2, 0.25) is 0 Å². The van der Waals surface area contributed by atoms with Crippen molar-refractivity contribution >= 4 is 11.6 Å². The van der Waals surface area contributed by atoms with E-state index in [0.29, 0.717) is 17.8 Å². The van der Waals surface area contributed by atoms with Crippen molar-refractivity contribution in [3.8, 4) is 0 Å². The first-order chi connectivity index (χ1) is 9.00. The van der Waals surface area contributed by atoms with E-state index in [-0.39, 0.29) is 0 Å². The van der Waals surface area contributed by atoms with Crippen LogP contribution in [0.4, 0.5) is 11.6 Å². The van der Waals surface area contributed by atoms with Crippen LogP contribution in [-0.4, -0.2) is 48.1 Å². The van der Waals surface area contributed by atoms with Gasteiger partial charge in [0.05, 0.1) is 0 Å². The zero-order chi connectivity index (χ0) is 14.0. The van der Waals surface area contributed by atoms with Gasteiger partial charge in [-0.1, -0.05) is 13.8 Å². The number of rotatable bonds is 4. The molecule has 0 aromatic carbocycles. The van der Waals surface area contributed by atoms with Crippen LogP contribution >= 0.6 is 0 Å². The summed E-state index contributed by atoms with van der Waals surface area (Å²) in [6, 6.07) is 0.612. The third kappa shape index (κ3) is 2.97. The molecular formula is C14H25N5. The Balaban J connectivity index is 2.19. The summed E-state index contributed by atoms with van der Waals surface area (Å²) in [5, 5.41) is 0. The van der Waals surface area contributed by atoms with Crippen LogP contribution in [0.5, 0.6) is 0 Å². The number of nitrogens with two attached hydrogens (primary N) is 1. The van der Waals surface area contributed by atoms with Crippen LogP contribution in [0.15, 0.2) is 6.33 Å². The van der Waals surface area contributed by atoms with Gasteiger partial charge >= 0.3 is 0 Å². The summed E-state index contributed by atoms with van der Waals surface area (Å²) in [4.78, 5) is 13.2. The number of anilines is 2. The molecule has 1 aliphatic rings. The Morgan fingerprint density at radius 2 is 2.21 bits per heavy atom. The number of nitrogens with zero attached hydrogens (tertiary/aromatic N) is 4. The van der Waals surface area contributed by atoms with Crippen molar-refractivity contribution in [2.24, 2.45) is 0 Å². The number of nitrogen functional groups attached to an aromatic ring is 1. The maximum absolute atomic E-state index is 6.01. The predicted octanol–water partition coefficient (Wildman–Crippen LogP) is 1.71. The quantitative estimate of drug-likeness (QED) is 0.896. The molecule has 2 N–H and O–H groups in total. The molecule has 0 bridgehead atoms. The molecule has 1 saturated heterocycles. The minimum atomic E-state index is 0.333. The van der Waals surface area contributed by atoms with Crippen molar-refractivity contribution in [1.82, 2.24) is 14.9 Å². The van der Waals surface area contributed by atoms with Crippen molar-refractivity contribution in [2.75, 3.05) is 37.8 Å². The minimum Gasteiger partial charge on any atom is -0.383 e. The summed E-state index contributed by atoms with van der Waals surface area (Å²) in [7, 11) is 4.29. The SMILES string of the molecule is CC(C)c1c(N)ncnc1N(C)CC1CCCN1C. The summed E-state index contributed by atoms with van der Waals surface area (Å²) in [5.41, 5.74) is 7.07. The highest BCUT2D eigenvalue weighted by molar-refractivity contribution is 5.57. The van der Waals surface area contributed by atoms with E-state index in [1.54, 1.807) is 6.33 Å². The largest absolute Gasteiger partial charge is 0.383 e. The maximum atomic E-state index is 6.01. The molecule has 0 saturated carbocycles. The molecule has 1 aromatic heterocycles. The van der Waals surface area contributed by atoms with Gasteiger partial charge in [0.15, 0.2) is 0 Å². The van der Waals surface area contributed by atoms with Crippen LogP contribution in [0.1, 0.15) is 38.2 Å². The van der Waals surface area contributed by atoms with Gasteiger partial charge in [0.1, 0.15) is 18.0 Å². The lowest BCUT2D eigenvalue weighted by Gasteiger charge is -2.28. The Bertz CT molecular complexity index is 432. The lowest BCUT2D eigenvalue weighted by molar-refractivity contribution is 0.314. The van der Waals surface area contributed by atoms with Gasteiger partial charge in [0.2, 0.25) is 0 Å². The van der Waals surface area contributed by atoms with Crippen molar-refractivity contribution in [3.63, 3.8) is 0 Å². The van der Waals surface area contributed by atoms with Crippen molar-refractivity contribution < 1.29 is 0 Å². The summed E-state index contributed by atoms with van der Waals surface area (Å²) >= 11 is 0. The molecule has 1 unspecified atom stereocenters. The minimum absolute atomic E-state index is 0.333. The van der Waals surface area contributed by atoms with Crippen molar-refractivity contribution in [3.05, 3.63) is 11.9 Å². The van der Waals surface area contributed by atoms with E-state index in [0.717, 1.165) is 17.9 Å². The monoisotopic (exact) mass is 263 g/mol. The van der Waals surface area contributed by atoms with Crippen LogP contribution in [0.3, 0.4) is 0 Å². The molecule has 19 heavy (non-hydrogen) atoms. The Hall–Kier alpha value is -1.36. The van der Waals surface area contributed by atoms with E-state index >= 15 is 0 Å². The topological polar surface area (TPSA) is 58.3 Å². The molecule has 106 valence electrons. The fraction of sp³-hybridized carbons (Fsp3) is 0.714. The van der Waals surface area contributed by atoms with E-state index in [9.17, 15) is 0 Å². The van der Waals surface area contributed by atoms with Crippen molar-refractivity contribution in [2.45, 2.75) is 38.6 Å². The molecule has 0 radical (unpaired) electrons. The molecule has 0 amide bonds. The van der Waals surface area contributed by atoms with Gasteiger partial charge in [0.25, 0.3) is 0 Å². The molecular weight excluding hydrogens is 238 g/mol. The average molecular weight is 263 g/mol. The van der Waals surface area contributed by atoms with E-state index in [4.69, 9.17) is 5.73 Å². The summed E-state index contributed by atoms with van der Waals surface area (Å²) in [6.45, 7) is 6.45. The second-order valence-corrected chi connectivity index (χ2v) is 5.81. The molecule has 2 rings (SSSR count). The maximum Gasteiger partial charge on any atom is 0.137 e. The highest BCUT2D eigenvalue weighted by Gasteiger charge is 2.24. The standard InChI is InChI=1S/C14H25N5/c1-10(2)12-13(15)16-9-17-14(12)19(4)8-11-6-5-7-18(11)3/h9-11H,5-8H2,1-4H3,(H2,15,16,17). The highest BCUT2D eigenvalue weighted by atomic mass is 15.2. The second kappa shape index (κ2) is 5.74. The van der Waals surface area contributed by atoms with E-state index in [1.807, 2.05) is 0 Å². The van der Waals surface area contributed by atoms with Crippen LogP contribution in [-0.2, 0) is 0 Å². The number of likely N-dealkylation sites (tertiary alicyclic amines) is 1. The van der Waals surface area contributed by atoms with Crippen molar-refractivity contribution in [1.29, 1.82) is 0 Å². The third-order valence-corrected chi connectivity index (χ3v) is 3.99. The Kier molecular flexibility index (Phi) is 4.24. The molecule has 5 heteroatoms. The van der Waals surface area contributed by atoms with Crippen LogP contribution < -0.4 is 10.6 Å². The molecule has 0 spiro atoms. The molecule has 5 nitrogen and oxygen atoms in total. The predicted molar refractivity (Wildman–Crippen MR) is 79.5 cm³/mol. The highest BCUT2D eigenvalue weighted by Crippen LogP contribution is 2.29. The second-order valence-electron chi connectivity index (χ2n) is 5.81. The molecule has 1 aromatic rings. The van der Waals surface area contributed by atoms with Gasteiger partial charge in [-0.3, -0.25) is 0 Å². The molecule has 1 atom stereocenters. The van der Waals surface area contributed by atoms with Gasteiger partial charge in [-0.15, -0.1) is 0 Å². The number of aromatic nitrogens is 2. The Morgan fingerprint density at radius 1 is 1.47 bits per heavy atom. The molecule has 1 aliphatic heterocycles. The zero-order valence-corrected chi connectivity index (χ0v) is 12.4. The average Bonchev–Trinajstić information content (AvgIpc) is 2.74. The molecule has 0 aliphatic carbocycles. The van der Waals surface area contributed by atoms with Crippen LogP contribution in [0.25, 0.3) is 0 Å². The summed E-state index contributed by atoms with van der Waals surface area (Å²) in [5.74, 6) is 1.91. The van der Waals surface area contributed by atoms with Gasteiger partial charge in [-0.05, 0) is 32.4 Å². The Morgan fingerprint density at radius 3 is 2.79 bits per heavy atom. The van der Waals surface area contributed by atoms with Gasteiger partial charge in [0, 0.05) is 25.2 Å². The van der Waals surface area contributed by atoms with E-state index < -0.39 is 0 Å². The number of hydrogen-bond acceptors (Lipinski definition) is 5.